The van der Waals surface area contributed by atoms with E-state index in [-0.39, 0.29) is 25.9 Å². The molecule has 0 aliphatic carbocycles. The van der Waals surface area contributed by atoms with E-state index in [0.717, 1.165) is 0 Å². The van der Waals surface area contributed by atoms with E-state index >= 15 is 0 Å². The van der Waals surface area contributed by atoms with Crippen molar-refractivity contribution in [3.63, 3.8) is 0 Å². The molecular weight excluding hydrogens is 296 g/mol. The van der Waals surface area contributed by atoms with Crippen molar-refractivity contribution in [2.24, 2.45) is 0 Å². The van der Waals surface area contributed by atoms with E-state index in [9.17, 15) is 19.5 Å². The highest BCUT2D eigenvalue weighted by molar-refractivity contribution is 5.71. The molecule has 1 aliphatic rings. The average Bonchev–Trinajstić information content (AvgIpc) is 2.52. The summed E-state index contributed by atoms with van der Waals surface area (Å²) in [5.41, 5.74) is 0. The lowest BCUT2D eigenvalue weighted by Crippen LogP contribution is -2.57. The molecule has 1 fully saturated rings. The SMILES string of the molecule is CCC(=O)O[C@H]1[C@H](OC(=O)CC)[C@H](OC(=O)CC)CO[C@H]1O. The van der Waals surface area contributed by atoms with Crippen molar-refractivity contribution in [2.45, 2.75) is 64.6 Å². The number of aliphatic hydroxyl groups is 1. The van der Waals surface area contributed by atoms with Gasteiger partial charge in [0.1, 0.15) is 0 Å². The van der Waals surface area contributed by atoms with Gasteiger partial charge in [0.25, 0.3) is 0 Å². The van der Waals surface area contributed by atoms with Crippen molar-refractivity contribution in [1.82, 2.24) is 0 Å². The van der Waals surface area contributed by atoms with Crippen LogP contribution in [0.2, 0.25) is 0 Å². The Labute approximate surface area is 128 Å². The highest BCUT2D eigenvalue weighted by atomic mass is 16.7. The van der Waals surface area contributed by atoms with Crippen LogP contribution < -0.4 is 0 Å². The van der Waals surface area contributed by atoms with Gasteiger partial charge in [0, 0.05) is 19.3 Å². The van der Waals surface area contributed by atoms with Crippen molar-refractivity contribution >= 4 is 17.9 Å². The number of carbonyl (C=O) groups is 3. The maximum atomic E-state index is 11.6. The smallest absolute Gasteiger partial charge is 0.306 e. The van der Waals surface area contributed by atoms with E-state index in [1.54, 1.807) is 20.8 Å². The molecule has 0 spiro atoms. The lowest BCUT2D eigenvalue weighted by atomic mass is 10.0. The van der Waals surface area contributed by atoms with Gasteiger partial charge in [-0.1, -0.05) is 20.8 Å². The third-order valence-corrected chi connectivity index (χ3v) is 3.09. The van der Waals surface area contributed by atoms with Crippen LogP contribution in [-0.2, 0) is 33.3 Å². The first-order valence-corrected chi connectivity index (χ1v) is 7.30. The van der Waals surface area contributed by atoms with Gasteiger partial charge >= 0.3 is 17.9 Å². The molecule has 0 unspecified atom stereocenters. The number of ether oxygens (including phenoxy) is 4. The van der Waals surface area contributed by atoms with E-state index < -0.39 is 42.5 Å². The molecule has 1 N–H and O–H groups in total. The molecule has 8 nitrogen and oxygen atoms in total. The molecular formula is C14H22O8. The predicted octanol–water partition coefficient (Wildman–Crippen LogP) is 0.300. The quantitative estimate of drug-likeness (QED) is 0.550. The number of hydrogen-bond donors (Lipinski definition) is 1. The zero-order valence-corrected chi connectivity index (χ0v) is 12.9. The van der Waals surface area contributed by atoms with Gasteiger partial charge < -0.3 is 24.1 Å². The summed E-state index contributed by atoms with van der Waals surface area (Å²) >= 11 is 0. The van der Waals surface area contributed by atoms with Gasteiger partial charge in [-0.25, -0.2) is 0 Å². The van der Waals surface area contributed by atoms with Crippen LogP contribution in [0.15, 0.2) is 0 Å². The van der Waals surface area contributed by atoms with E-state index in [4.69, 9.17) is 18.9 Å². The maximum absolute atomic E-state index is 11.6. The number of esters is 3. The van der Waals surface area contributed by atoms with Crippen LogP contribution in [0.25, 0.3) is 0 Å². The van der Waals surface area contributed by atoms with Crippen molar-refractivity contribution in [3.8, 4) is 0 Å². The van der Waals surface area contributed by atoms with Gasteiger partial charge in [-0.3, -0.25) is 14.4 Å². The summed E-state index contributed by atoms with van der Waals surface area (Å²) in [4.78, 5) is 34.5. The summed E-state index contributed by atoms with van der Waals surface area (Å²) in [5, 5.41) is 9.85. The summed E-state index contributed by atoms with van der Waals surface area (Å²) in [5.74, 6) is -1.66. The lowest BCUT2D eigenvalue weighted by Gasteiger charge is -2.38. The van der Waals surface area contributed by atoms with Crippen LogP contribution >= 0.6 is 0 Å². The molecule has 0 saturated carbocycles. The molecule has 1 saturated heterocycles. The van der Waals surface area contributed by atoms with Gasteiger partial charge in [-0.05, 0) is 0 Å². The fourth-order valence-corrected chi connectivity index (χ4v) is 1.85. The molecule has 0 aromatic rings. The molecule has 0 aromatic carbocycles. The zero-order valence-electron chi connectivity index (χ0n) is 12.9. The molecule has 1 rings (SSSR count). The second-order valence-corrected chi connectivity index (χ2v) is 4.72. The fraction of sp³-hybridized carbons (Fsp3) is 0.786. The van der Waals surface area contributed by atoms with Gasteiger partial charge in [0.15, 0.2) is 24.6 Å². The molecule has 0 aromatic heterocycles. The van der Waals surface area contributed by atoms with Gasteiger partial charge in [-0.2, -0.15) is 0 Å². The Morgan fingerprint density at radius 3 is 1.86 bits per heavy atom. The Kier molecular flexibility index (Phi) is 7.26. The normalized spacial score (nSPS) is 27.8. The molecule has 0 bridgehead atoms. The third-order valence-electron chi connectivity index (χ3n) is 3.09. The van der Waals surface area contributed by atoms with Gasteiger partial charge in [0.05, 0.1) is 6.61 Å². The van der Waals surface area contributed by atoms with Crippen LogP contribution in [0.3, 0.4) is 0 Å². The summed E-state index contributed by atoms with van der Waals surface area (Å²) in [6.07, 6.45) is -4.45. The minimum Gasteiger partial charge on any atom is -0.456 e. The van der Waals surface area contributed by atoms with E-state index in [0.29, 0.717) is 0 Å². The number of rotatable bonds is 6. The van der Waals surface area contributed by atoms with Gasteiger partial charge in [-0.15, -0.1) is 0 Å². The van der Waals surface area contributed by atoms with Crippen molar-refractivity contribution in [1.29, 1.82) is 0 Å². The molecule has 0 amide bonds. The lowest BCUT2D eigenvalue weighted by molar-refractivity contribution is -0.268. The van der Waals surface area contributed by atoms with Crippen LogP contribution in [0, 0.1) is 0 Å². The molecule has 126 valence electrons. The molecule has 0 radical (unpaired) electrons. The summed E-state index contributed by atoms with van der Waals surface area (Å²) < 4.78 is 20.5. The van der Waals surface area contributed by atoms with Crippen molar-refractivity contribution in [2.75, 3.05) is 6.61 Å². The second-order valence-electron chi connectivity index (χ2n) is 4.72. The Morgan fingerprint density at radius 2 is 1.36 bits per heavy atom. The van der Waals surface area contributed by atoms with E-state index in [1.165, 1.54) is 0 Å². The topological polar surface area (TPSA) is 108 Å². The molecule has 4 atom stereocenters. The average molecular weight is 318 g/mol. The Hall–Kier alpha value is -1.67. The number of hydrogen-bond acceptors (Lipinski definition) is 8. The summed E-state index contributed by atoms with van der Waals surface area (Å²) in [6, 6.07) is 0. The van der Waals surface area contributed by atoms with E-state index in [1.807, 2.05) is 0 Å². The molecule has 22 heavy (non-hydrogen) atoms. The summed E-state index contributed by atoms with van der Waals surface area (Å²) in [6.45, 7) is 4.63. The largest absolute Gasteiger partial charge is 0.456 e. The Balaban J connectivity index is 2.92. The van der Waals surface area contributed by atoms with Crippen LogP contribution in [0.1, 0.15) is 40.0 Å². The van der Waals surface area contributed by atoms with Crippen LogP contribution in [0.5, 0.6) is 0 Å². The van der Waals surface area contributed by atoms with Crippen LogP contribution in [-0.4, -0.2) is 54.2 Å². The second kappa shape index (κ2) is 8.70. The van der Waals surface area contributed by atoms with Crippen molar-refractivity contribution < 1.29 is 38.4 Å². The number of carbonyl (C=O) groups excluding carboxylic acids is 3. The Morgan fingerprint density at radius 1 is 0.909 bits per heavy atom. The first-order valence-electron chi connectivity index (χ1n) is 7.30. The van der Waals surface area contributed by atoms with Gasteiger partial charge in [0.2, 0.25) is 0 Å². The van der Waals surface area contributed by atoms with Crippen LogP contribution in [0.4, 0.5) is 0 Å². The highest BCUT2D eigenvalue weighted by Crippen LogP contribution is 2.24. The van der Waals surface area contributed by atoms with Crippen molar-refractivity contribution in [3.05, 3.63) is 0 Å². The standard InChI is InChI=1S/C14H22O8/c1-4-9(15)20-8-7-19-14(18)13(22-11(17)6-3)12(8)21-10(16)5-2/h8,12-14,18H,4-7H2,1-3H3/t8-,12-,13+,14-/m1/s1. The monoisotopic (exact) mass is 318 g/mol. The zero-order chi connectivity index (χ0) is 16.7. The molecule has 1 aliphatic heterocycles. The minimum atomic E-state index is -1.46. The minimum absolute atomic E-state index is 0.0804. The van der Waals surface area contributed by atoms with E-state index in [2.05, 4.69) is 0 Å². The maximum Gasteiger partial charge on any atom is 0.306 e. The number of aliphatic hydroxyl groups excluding tert-OH is 1. The highest BCUT2D eigenvalue weighted by Gasteiger charge is 2.46. The predicted molar refractivity (Wildman–Crippen MR) is 72.5 cm³/mol. The third kappa shape index (κ3) is 4.96. The summed E-state index contributed by atoms with van der Waals surface area (Å²) in [7, 11) is 0. The fourth-order valence-electron chi connectivity index (χ4n) is 1.85. The Bertz CT molecular complexity index is 408. The first-order chi connectivity index (χ1) is 10.4. The molecule has 1 heterocycles. The molecule has 8 heteroatoms. The first kappa shape index (κ1) is 18.4.